The molecule has 0 spiro atoms. The van der Waals surface area contributed by atoms with Crippen molar-refractivity contribution >= 4 is 6.29 Å². The molecule has 4 heteroatoms. The van der Waals surface area contributed by atoms with E-state index in [-0.39, 0.29) is 11.9 Å². The lowest BCUT2D eigenvalue weighted by atomic mass is 9.96. The number of aldehydes is 1. The van der Waals surface area contributed by atoms with E-state index >= 15 is 0 Å². The number of fused-ring (bicyclic) bond motifs is 1. The Balaban J connectivity index is 1.33. The highest BCUT2D eigenvalue weighted by Gasteiger charge is 2.20. The Labute approximate surface area is 163 Å². The third-order valence-electron chi connectivity index (χ3n) is 4.93. The summed E-state index contributed by atoms with van der Waals surface area (Å²) in [7, 11) is 0. The molecule has 0 unspecified atom stereocenters. The van der Waals surface area contributed by atoms with Crippen LogP contribution in [0.25, 0.3) is 0 Å². The summed E-state index contributed by atoms with van der Waals surface area (Å²) in [5.74, 6) is 1.37. The number of ether oxygens (including phenoxy) is 2. The number of rotatable bonds is 6. The fraction of sp³-hybridized carbons (Fsp3) is 0.208. The van der Waals surface area contributed by atoms with Gasteiger partial charge in [-0.2, -0.15) is 0 Å². The Kier molecular flexibility index (Phi) is 5.38. The molecule has 0 saturated carbocycles. The molecule has 0 bridgehead atoms. The van der Waals surface area contributed by atoms with Crippen molar-refractivity contribution in [2.24, 2.45) is 0 Å². The van der Waals surface area contributed by atoms with Crippen molar-refractivity contribution in [3.05, 3.63) is 94.8 Å². The summed E-state index contributed by atoms with van der Waals surface area (Å²) in [6, 6.07) is 19.9. The molecular weight excluding hydrogens is 355 g/mol. The second-order valence-electron chi connectivity index (χ2n) is 7.03. The van der Waals surface area contributed by atoms with Gasteiger partial charge in [-0.1, -0.05) is 24.3 Å². The summed E-state index contributed by atoms with van der Waals surface area (Å²) in [5.41, 5.74) is 3.77. The topological polar surface area (TPSA) is 35.5 Å². The first-order chi connectivity index (χ1) is 13.7. The van der Waals surface area contributed by atoms with Crippen LogP contribution in [0.4, 0.5) is 4.39 Å². The van der Waals surface area contributed by atoms with Gasteiger partial charge < -0.3 is 9.47 Å². The van der Waals surface area contributed by atoms with Gasteiger partial charge in [-0.05, 0) is 72.0 Å². The van der Waals surface area contributed by atoms with Crippen molar-refractivity contribution in [1.82, 2.24) is 0 Å². The van der Waals surface area contributed by atoms with Crippen molar-refractivity contribution in [3.8, 4) is 11.5 Å². The number of hydrogen-bond acceptors (Lipinski definition) is 3. The van der Waals surface area contributed by atoms with Gasteiger partial charge in [0.25, 0.3) is 0 Å². The van der Waals surface area contributed by atoms with Gasteiger partial charge >= 0.3 is 0 Å². The minimum Gasteiger partial charge on any atom is -0.490 e. The number of carbonyl (C=O) groups is 1. The molecule has 142 valence electrons. The van der Waals surface area contributed by atoms with Gasteiger partial charge in [0.15, 0.2) is 0 Å². The predicted octanol–water partition coefficient (Wildman–Crippen LogP) is 5.15. The number of carbonyl (C=O) groups excluding carboxylic acids is 1. The molecule has 0 aliphatic carbocycles. The maximum atomic E-state index is 13.2. The molecule has 4 rings (SSSR count). The van der Waals surface area contributed by atoms with Crippen molar-refractivity contribution in [1.29, 1.82) is 0 Å². The van der Waals surface area contributed by atoms with Crippen LogP contribution in [0.2, 0.25) is 0 Å². The third-order valence-corrected chi connectivity index (χ3v) is 4.93. The quantitative estimate of drug-likeness (QED) is 0.558. The zero-order valence-electron chi connectivity index (χ0n) is 15.4. The minimum atomic E-state index is -0.257. The summed E-state index contributed by atoms with van der Waals surface area (Å²) < 4.78 is 25.0. The molecule has 1 atom stereocenters. The Morgan fingerprint density at radius 1 is 1.04 bits per heavy atom. The Bertz CT molecular complexity index is 966. The SMILES string of the molecule is O=Cc1ccc2c(c1)CC[C@H](Cc1ccc(OCc3cccc(F)c3)cc1)O2. The molecule has 0 amide bonds. The van der Waals surface area contributed by atoms with Crippen LogP contribution >= 0.6 is 0 Å². The van der Waals surface area contributed by atoms with Crippen LogP contribution in [0, 0.1) is 5.82 Å². The maximum absolute atomic E-state index is 13.2. The molecule has 1 heterocycles. The molecule has 3 aromatic rings. The molecule has 0 N–H and O–H groups in total. The highest BCUT2D eigenvalue weighted by atomic mass is 19.1. The van der Waals surface area contributed by atoms with Gasteiger partial charge in [0.05, 0.1) is 0 Å². The molecule has 28 heavy (non-hydrogen) atoms. The first-order valence-electron chi connectivity index (χ1n) is 9.40. The number of hydrogen-bond donors (Lipinski definition) is 0. The molecular formula is C24H21FO3. The lowest BCUT2D eigenvalue weighted by Crippen LogP contribution is -2.25. The van der Waals surface area contributed by atoms with Crippen LogP contribution in [0.15, 0.2) is 66.7 Å². The molecule has 1 aliphatic rings. The standard InChI is InChI=1S/C24H21FO3/c25-21-3-1-2-19(13-21)16-27-22-8-4-17(5-9-22)14-23-10-7-20-12-18(15-26)6-11-24(20)28-23/h1-6,8-9,11-13,15,23H,7,10,14,16H2/t23-/m1/s1. The lowest BCUT2D eigenvalue weighted by molar-refractivity contribution is 0.112. The monoisotopic (exact) mass is 376 g/mol. The van der Waals surface area contributed by atoms with E-state index < -0.39 is 0 Å². The van der Waals surface area contributed by atoms with Gasteiger partial charge in [0.2, 0.25) is 0 Å². The van der Waals surface area contributed by atoms with Gasteiger partial charge in [-0.3, -0.25) is 4.79 Å². The fourth-order valence-electron chi connectivity index (χ4n) is 3.46. The fourth-order valence-corrected chi connectivity index (χ4v) is 3.46. The van der Waals surface area contributed by atoms with Gasteiger partial charge in [0, 0.05) is 12.0 Å². The average molecular weight is 376 g/mol. The van der Waals surface area contributed by atoms with E-state index in [0.29, 0.717) is 12.2 Å². The first-order valence-corrected chi connectivity index (χ1v) is 9.40. The maximum Gasteiger partial charge on any atom is 0.150 e. The predicted molar refractivity (Wildman–Crippen MR) is 105 cm³/mol. The lowest BCUT2D eigenvalue weighted by Gasteiger charge is -2.26. The van der Waals surface area contributed by atoms with Gasteiger partial charge in [-0.15, -0.1) is 0 Å². The van der Waals surface area contributed by atoms with E-state index in [1.807, 2.05) is 42.5 Å². The van der Waals surface area contributed by atoms with Crippen molar-refractivity contribution < 1.29 is 18.7 Å². The third kappa shape index (κ3) is 4.39. The molecule has 0 saturated heterocycles. The second kappa shape index (κ2) is 8.26. The molecule has 0 aromatic heterocycles. The van der Waals surface area contributed by atoms with E-state index in [0.717, 1.165) is 48.2 Å². The normalized spacial score (nSPS) is 15.4. The van der Waals surface area contributed by atoms with Crippen LogP contribution in [0.1, 0.15) is 33.5 Å². The second-order valence-corrected chi connectivity index (χ2v) is 7.03. The molecule has 0 radical (unpaired) electrons. The number of aryl methyl sites for hydroxylation is 1. The molecule has 0 fully saturated rings. The van der Waals surface area contributed by atoms with Crippen LogP contribution in [-0.4, -0.2) is 12.4 Å². The summed E-state index contributed by atoms with van der Waals surface area (Å²) in [4.78, 5) is 10.9. The first kappa shape index (κ1) is 18.2. The van der Waals surface area contributed by atoms with Crippen molar-refractivity contribution in [2.45, 2.75) is 32.0 Å². The molecule has 3 nitrogen and oxygen atoms in total. The number of halogens is 1. The van der Waals surface area contributed by atoms with E-state index in [2.05, 4.69) is 0 Å². The average Bonchev–Trinajstić information content (AvgIpc) is 2.73. The van der Waals surface area contributed by atoms with Crippen LogP contribution in [0.5, 0.6) is 11.5 Å². The van der Waals surface area contributed by atoms with Gasteiger partial charge in [-0.25, -0.2) is 4.39 Å². The summed E-state index contributed by atoms with van der Waals surface area (Å²) >= 11 is 0. The van der Waals surface area contributed by atoms with Crippen LogP contribution < -0.4 is 9.47 Å². The zero-order chi connectivity index (χ0) is 19.3. The van der Waals surface area contributed by atoms with E-state index in [4.69, 9.17) is 9.47 Å². The highest BCUT2D eigenvalue weighted by Crippen LogP contribution is 2.29. The van der Waals surface area contributed by atoms with Crippen molar-refractivity contribution in [3.63, 3.8) is 0 Å². The largest absolute Gasteiger partial charge is 0.490 e. The summed E-state index contributed by atoms with van der Waals surface area (Å²) in [6.45, 7) is 0.336. The zero-order valence-corrected chi connectivity index (χ0v) is 15.4. The van der Waals surface area contributed by atoms with E-state index in [1.165, 1.54) is 17.7 Å². The van der Waals surface area contributed by atoms with E-state index in [9.17, 15) is 9.18 Å². The van der Waals surface area contributed by atoms with Gasteiger partial charge in [0.1, 0.15) is 36.3 Å². The van der Waals surface area contributed by atoms with Crippen LogP contribution in [-0.2, 0) is 19.4 Å². The van der Waals surface area contributed by atoms with E-state index in [1.54, 1.807) is 12.1 Å². The molecule has 1 aliphatic heterocycles. The highest BCUT2D eigenvalue weighted by molar-refractivity contribution is 5.75. The minimum absolute atomic E-state index is 0.119. The molecule has 3 aromatic carbocycles. The Morgan fingerprint density at radius 3 is 2.68 bits per heavy atom. The Morgan fingerprint density at radius 2 is 1.89 bits per heavy atom. The smallest absolute Gasteiger partial charge is 0.150 e. The Hall–Kier alpha value is -3.14. The number of benzene rings is 3. The van der Waals surface area contributed by atoms with Crippen molar-refractivity contribution in [2.75, 3.05) is 0 Å². The summed E-state index contributed by atoms with van der Waals surface area (Å²) in [6.07, 6.45) is 3.64. The van der Waals surface area contributed by atoms with Crippen LogP contribution in [0.3, 0.4) is 0 Å². The summed E-state index contributed by atoms with van der Waals surface area (Å²) in [5, 5.41) is 0.